The molecule has 0 aliphatic carbocycles. The molecule has 1 N–H and O–H groups in total. The fraction of sp³-hybridized carbons (Fsp3) is 0.222. The van der Waals surface area contributed by atoms with Crippen LogP contribution >= 0.6 is 27.5 Å². The highest BCUT2D eigenvalue weighted by Gasteiger charge is 2.17. The predicted molar refractivity (Wildman–Crippen MR) is 102 cm³/mol. The minimum absolute atomic E-state index is 0.226. The number of H-pyrrole nitrogens is 1. The Hall–Kier alpha value is -1.85. The minimum atomic E-state index is -0.460. The quantitative estimate of drug-likeness (QED) is 0.679. The Labute approximate surface area is 152 Å². The molecule has 2 aromatic carbocycles. The van der Waals surface area contributed by atoms with Gasteiger partial charge in [0.05, 0.1) is 21.6 Å². The first-order valence-electron chi connectivity index (χ1n) is 7.55. The monoisotopic (exact) mass is 406 g/mol. The molecule has 3 rings (SSSR count). The van der Waals surface area contributed by atoms with Crippen molar-refractivity contribution < 1.29 is 0 Å². The molecule has 0 atom stereocenters. The van der Waals surface area contributed by atoms with Gasteiger partial charge in [-0.25, -0.2) is 4.79 Å². The first kappa shape index (κ1) is 17.0. The number of fused-ring (bicyclic) bond motifs is 1. The van der Waals surface area contributed by atoms with Crippen LogP contribution in [0.5, 0.6) is 0 Å². The molecule has 4 nitrogen and oxygen atoms in total. The lowest BCUT2D eigenvalue weighted by Gasteiger charge is -2.19. The van der Waals surface area contributed by atoms with E-state index in [4.69, 9.17) is 11.6 Å². The van der Waals surface area contributed by atoms with Crippen molar-refractivity contribution in [3.05, 3.63) is 71.8 Å². The number of aromatic amines is 1. The highest BCUT2D eigenvalue weighted by Crippen LogP contribution is 2.30. The summed E-state index contributed by atoms with van der Waals surface area (Å²) in [6.45, 7) is 6.10. The summed E-state index contributed by atoms with van der Waals surface area (Å²) in [6.07, 6.45) is 0. The van der Waals surface area contributed by atoms with Crippen LogP contribution in [0.3, 0.4) is 0 Å². The van der Waals surface area contributed by atoms with E-state index in [9.17, 15) is 9.59 Å². The highest BCUT2D eigenvalue weighted by molar-refractivity contribution is 9.10. The van der Waals surface area contributed by atoms with Gasteiger partial charge in [-0.1, -0.05) is 43.6 Å². The summed E-state index contributed by atoms with van der Waals surface area (Å²) in [7, 11) is 0. The summed E-state index contributed by atoms with van der Waals surface area (Å²) in [5, 5.41) is 0.799. The molecule has 0 aliphatic heterocycles. The van der Waals surface area contributed by atoms with Crippen molar-refractivity contribution in [1.29, 1.82) is 0 Å². The molecule has 1 heterocycles. The fourth-order valence-electron chi connectivity index (χ4n) is 2.91. The Morgan fingerprint density at radius 3 is 2.58 bits per heavy atom. The third-order valence-corrected chi connectivity index (χ3v) is 5.26. The number of aromatic nitrogens is 2. The molecular weight excluding hydrogens is 392 g/mol. The Morgan fingerprint density at radius 1 is 1.21 bits per heavy atom. The molecule has 0 bridgehead atoms. The molecule has 0 fully saturated rings. The first-order valence-corrected chi connectivity index (χ1v) is 8.72. The molecule has 24 heavy (non-hydrogen) atoms. The SMILES string of the molecule is Cc1cccc(C(C)C)c1-n1c(=O)[nH]c(=O)c2cc(Cl)c(Br)cc21. The van der Waals surface area contributed by atoms with Crippen molar-refractivity contribution in [3.8, 4) is 5.69 Å². The molecule has 1 aromatic heterocycles. The summed E-state index contributed by atoms with van der Waals surface area (Å²) < 4.78 is 2.19. The van der Waals surface area contributed by atoms with Gasteiger partial charge in [0.2, 0.25) is 0 Å². The first-order chi connectivity index (χ1) is 11.3. The van der Waals surface area contributed by atoms with Gasteiger partial charge in [-0.15, -0.1) is 0 Å². The normalized spacial score (nSPS) is 11.4. The van der Waals surface area contributed by atoms with Gasteiger partial charge >= 0.3 is 5.69 Å². The molecule has 124 valence electrons. The maximum Gasteiger partial charge on any atom is 0.333 e. The average Bonchev–Trinajstić information content (AvgIpc) is 2.50. The third kappa shape index (κ3) is 2.72. The van der Waals surface area contributed by atoms with Crippen LogP contribution < -0.4 is 11.2 Å². The minimum Gasteiger partial charge on any atom is -0.273 e. The van der Waals surface area contributed by atoms with E-state index in [0.717, 1.165) is 16.8 Å². The smallest absolute Gasteiger partial charge is 0.273 e. The van der Waals surface area contributed by atoms with Crippen molar-refractivity contribution in [3.63, 3.8) is 0 Å². The van der Waals surface area contributed by atoms with Crippen LogP contribution in [0.2, 0.25) is 5.02 Å². The maximum absolute atomic E-state index is 12.6. The number of rotatable bonds is 2. The van der Waals surface area contributed by atoms with E-state index in [1.54, 1.807) is 16.7 Å². The zero-order valence-corrected chi connectivity index (χ0v) is 15.8. The lowest BCUT2D eigenvalue weighted by Crippen LogP contribution is -2.30. The van der Waals surface area contributed by atoms with Crippen LogP contribution in [-0.4, -0.2) is 9.55 Å². The van der Waals surface area contributed by atoms with E-state index in [1.165, 1.54) is 0 Å². The summed E-state index contributed by atoms with van der Waals surface area (Å²) in [5.41, 5.74) is 2.42. The summed E-state index contributed by atoms with van der Waals surface area (Å²) in [5.74, 6) is 0.226. The lowest BCUT2D eigenvalue weighted by molar-refractivity contribution is 0.830. The molecule has 3 aromatic rings. The van der Waals surface area contributed by atoms with Gasteiger partial charge in [-0.05, 0) is 52.0 Å². The number of benzene rings is 2. The molecular formula is C18H16BrClN2O2. The van der Waals surface area contributed by atoms with Gasteiger partial charge in [0.25, 0.3) is 5.56 Å². The number of nitrogens with zero attached hydrogens (tertiary/aromatic N) is 1. The maximum atomic E-state index is 12.6. The van der Waals surface area contributed by atoms with Gasteiger partial charge in [-0.2, -0.15) is 0 Å². The Balaban J connectivity index is 2.56. The third-order valence-electron chi connectivity index (χ3n) is 4.06. The summed E-state index contributed by atoms with van der Waals surface area (Å²) in [4.78, 5) is 27.2. The van der Waals surface area contributed by atoms with Gasteiger partial charge in [0, 0.05) is 4.47 Å². The number of para-hydroxylation sites is 1. The Kier molecular flexibility index (Phi) is 4.40. The van der Waals surface area contributed by atoms with Crippen LogP contribution in [0.4, 0.5) is 0 Å². The molecule has 0 aliphatic rings. The second-order valence-electron chi connectivity index (χ2n) is 6.05. The number of hydrogen-bond donors (Lipinski definition) is 1. The molecule has 6 heteroatoms. The van der Waals surface area contributed by atoms with Crippen molar-refractivity contribution in [2.24, 2.45) is 0 Å². The highest BCUT2D eigenvalue weighted by atomic mass is 79.9. The van der Waals surface area contributed by atoms with Crippen molar-refractivity contribution in [1.82, 2.24) is 9.55 Å². The number of nitrogens with one attached hydrogen (secondary N) is 1. The average molecular weight is 408 g/mol. The Morgan fingerprint density at radius 2 is 1.92 bits per heavy atom. The number of aryl methyl sites for hydroxylation is 1. The molecule has 0 spiro atoms. The van der Waals surface area contributed by atoms with Crippen molar-refractivity contribution in [2.45, 2.75) is 26.7 Å². The number of hydrogen-bond acceptors (Lipinski definition) is 2. The van der Waals surface area contributed by atoms with E-state index >= 15 is 0 Å². The molecule has 0 radical (unpaired) electrons. The molecule has 0 unspecified atom stereocenters. The van der Waals surface area contributed by atoms with Gasteiger partial charge < -0.3 is 0 Å². The zero-order valence-electron chi connectivity index (χ0n) is 13.5. The second-order valence-corrected chi connectivity index (χ2v) is 7.31. The van der Waals surface area contributed by atoms with E-state index < -0.39 is 11.2 Å². The van der Waals surface area contributed by atoms with Crippen LogP contribution in [0.15, 0.2) is 44.4 Å². The zero-order chi connectivity index (χ0) is 17.6. The Bertz CT molecular complexity index is 1070. The van der Waals surface area contributed by atoms with Crippen LogP contribution in [0, 0.1) is 6.92 Å². The van der Waals surface area contributed by atoms with E-state index in [0.29, 0.717) is 20.4 Å². The topological polar surface area (TPSA) is 54.9 Å². The van der Waals surface area contributed by atoms with E-state index in [-0.39, 0.29) is 5.92 Å². The number of halogens is 2. The van der Waals surface area contributed by atoms with Crippen molar-refractivity contribution >= 4 is 38.4 Å². The molecule has 0 saturated carbocycles. The van der Waals surface area contributed by atoms with E-state index in [2.05, 4.69) is 34.8 Å². The predicted octanol–water partition coefficient (Wildman–Crippen LogP) is 4.53. The largest absolute Gasteiger partial charge is 0.333 e. The summed E-state index contributed by atoms with van der Waals surface area (Å²) in [6, 6.07) is 9.21. The standard InChI is InChI=1S/C18H16BrClN2O2/c1-9(2)11-6-4-5-10(3)16(11)22-15-8-13(19)14(20)7-12(15)17(23)21-18(22)24/h4-9H,1-3H3,(H,21,23,24). The van der Waals surface area contributed by atoms with Crippen LogP contribution in [0.25, 0.3) is 16.6 Å². The molecule has 0 amide bonds. The fourth-order valence-corrected chi connectivity index (χ4v) is 3.40. The summed E-state index contributed by atoms with van der Waals surface area (Å²) >= 11 is 9.50. The molecule has 0 saturated heterocycles. The lowest BCUT2D eigenvalue weighted by atomic mass is 9.97. The van der Waals surface area contributed by atoms with Gasteiger partial charge in [0.15, 0.2) is 0 Å². The van der Waals surface area contributed by atoms with Crippen LogP contribution in [0.1, 0.15) is 30.9 Å². The van der Waals surface area contributed by atoms with Crippen LogP contribution in [-0.2, 0) is 0 Å². The van der Waals surface area contributed by atoms with Gasteiger partial charge in [0.1, 0.15) is 0 Å². The van der Waals surface area contributed by atoms with Crippen molar-refractivity contribution in [2.75, 3.05) is 0 Å². The van der Waals surface area contributed by atoms with E-state index in [1.807, 2.05) is 25.1 Å². The second kappa shape index (κ2) is 6.22. The van der Waals surface area contributed by atoms with Gasteiger partial charge in [-0.3, -0.25) is 14.3 Å².